The van der Waals surface area contributed by atoms with E-state index in [1.165, 1.54) is 6.42 Å². The van der Waals surface area contributed by atoms with Crippen molar-refractivity contribution in [1.82, 2.24) is 0 Å². The average Bonchev–Trinajstić information content (AvgIpc) is 2.68. The molecule has 0 aliphatic carbocycles. The van der Waals surface area contributed by atoms with E-state index < -0.39 is 0 Å². The van der Waals surface area contributed by atoms with Crippen molar-refractivity contribution < 1.29 is 0 Å². The van der Waals surface area contributed by atoms with Crippen LogP contribution in [0.1, 0.15) is 31.4 Å². The molecular weight excluding hydrogens is 232 g/mol. The van der Waals surface area contributed by atoms with E-state index in [4.69, 9.17) is 11.6 Å². The Morgan fingerprint density at radius 1 is 1.47 bits per heavy atom. The number of hydrogen-bond acceptors (Lipinski definition) is 2. The number of alkyl halides is 1. The first-order valence-electron chi connectivity index (χ1n) is 5.90. The van der Waals surface area contributed by atoms with E-state index in [2.05, 4.69) is 24.8 Å². The number of halogens is 1. The van der Waals surface area contributed by atoms with Gasteiger partial charge in [-0.15, -0.1) is 11.6 Å². The zero-order chi connectivity index (χ0) is 12.5. The van der Waals surface area contributed by atoms with Gasteiger partial charge in [-0.1, -0.05) is 19.9 Å². The summed E-state index contributed by atoms with van der Waals surface area (Å²) in [5.74, 6) is 0.459. The fraction of sp³-hybridized carbons (Fsp3) is 0.500. The maximum atomic E-state index is 9.21. The molecule has 3 heteroatoms. The largest absolute Gasteiger partial charge is 0.370 e. The molecule has 0 radical (unpaired) electrons. The van der Waals surface area contributed by atoms with Crippen LogP contribution in [0.25, 0.3) is 0 Å². The minimum Gasteiger partial charge on any atom is -0.370 e. The van der Waals surface area contributed by atoms with Crippen LogP contribution in [0.3, 0.4) is 0 Å². The Morgan fingerprint density at radius 3 is 2.76 bits per heavy atom. The molecule has 2 nitrogen and oxygen atoms in total. The van der Waals surface area contributed by atoms with Gasteiger partial charge in [0, 0.05) is 19.0 Å². The molecule has 17 heavy (non-hydrogen) atoms. The van der Waals surface area contributed by atoms with Crippen molar-refractivity contribution in [2.75, 3.05) is 18.0 Å². The number of anilines is 1. The second-order valence-corrected chi connectivity index (χ2v) is 5.70. The molecule has 1 fully saturated rings. The van der Waals surface area contributed by atoms with Gasteiger partial charge in [0.1, 0.15) is 6.07 Å². The van der Waals surface area contributed by atoms with Crippen LogP contribution >= 0.6 is 11.6 Å². The first-order chi connectivity index (χ1) is 8.05. The summed E-state index contributed by atoms with van der Waals surface area (Å²) >= 11 is 5.79. The maximum absolute atomic E-state index is 9.21. The molecule has 0 unspecified atom stereocenters. The van der Waals surface area contributed by atoms with Gasteiger partial charge < -0.3 is 4.90 Å². The summed E-state index contributed by atoms with van der Waals surface area (Å²) in [5.41, 5.74) is 3.14. The van der Waals surface area contributed by atoms with E-state index in [1.54, 1.807) is 0 Å². The highest BCUT2D eigenvalue weighted by Gasteiger charge is 2.30. The van der Waals surface area contributed by atoms with Crippen LogP contribution in [0, 0.1) is 16.7 Å². The van der Waals surface area contributed by atoms with Gasteiger partial charge in [-0.05, 0) is 29.5 Å². The molecule has 1 aromatic carbocycles. The van der Waals surface area contributed by atoms with E-state index in [0.29, 0.717) is 11.3 Å². The Bertz CT molecular complexity index is 460. The van der Waals surface area contributed by atoms with Gasteiger partial charge in [0.25, 0.3) is 0 Å². The molecule has 1 aromatic rings. The first kappa shape index (κ1) is 12.3. The lowest BCUT2D eigenvalue weighted by Gasteiger charge is -2.22. The molecule has 0 bridgehead atoms. The van der Waals surface area contributed by atoms with Crippen LogP contribution in [0.15, 0.2) is 18.2 Å². The predicted octanol–water partition coefficient (Wildman–Crippen LogP) is 3.53. The first-order valence-corrected chi connectivity index (χ1v) is 6.43. The Balaban J connectivity index is 2.31. The van der Waals surface area contributed by atoms with Crippen LogP contribution in [0.5, 0.6) is 0 Å². The summed E-state index contributed by atoms with van der Waals surface area (Å²) in [6.07, 6.45) is 1.18. The van der Waals surface area contributed by atoms with Gasteiger partial charge in [0.2, 0.25) is 0 Å². The Labute approximate surface area is 108 Å². The molecular formula is C14H17ClN2. The third-order valence-corrected chi connectivity index (χ3v) is 3.66. The molecule has 0 N–H and O–H groups in total. The van der Waals surface area contributed by atoms with Gasteiger partial charge >= 0.3 is 0 Å². The van der Waals surface area contributed by atoms with Crippen molar-refractivity contribution in [2.24, 2.45) is 5.41 Å². The number of rotatable bonds is 2. The molecule has 0 saturated carbocycles. The number of hydrogen-bond donors (Lipinski definition) is 0. The van der Waals surface area contributed by atoms with Crippen LogP contribution in [0.4, 0.5) is 5.69 Å². The van der Waals surface area contributed by atoms with Gasteiger partial charge in [-0.25, -0.2) is 0 Å². The van der Waals surface area contributed by atoms with E-state index in [0.717, 1.165) is 29.9 Å². The van der Waals surface area contributed by atoms with Crippen molar-refractivity contribution in [1.29, 1.82) is 5.26 Å². The second kappa shape index (κ2) is 4.58. The summed E-state index contributed by atoms with van der Waals surface area (Å²) in [4.78, 5) is 2.30. The minimum atomic E-state index is 0.345. The van der Waals surface area contributed by atoms with Gasteiger partial charge in [0.05, 0.1) is 11.3 Å². The predicted molar refractivity (Wildman–Crippen MR) is 71.3 cm³/mol. The minimum absolute atomic E-state index is 0.345. The fourth-order valence-corrected chi connectivity index (χ4v) is 2.52. The summed E-state index contributed by atoms with van der Waals surface area (Å²) in [7, 11) is 0. The normalized spacial score (nSPS) is 18.1. The van der Waals surface area contributed by atoms with Crippen molar-refractivity contribution in [3.63, 3.8) is 0 Å². The smallest absolute Gasteiger partial charge is 0.101 e. The highest BCUT2D eigenvalue weighted by Crippen LogP contribution is 2.34. The average molecular weight is 249 g/mol. The number of nitriles is 1. The Kier molecular flexibility index (Phi) is 3.31. The third-order valence-electron chi connectivity index (χ3n) is 3.35. The monoisotopic (exact) mass is 248 g/mol. The standard InChI is InChI=1S/C14H17ClN2/c1-14(2)5-6-17(10-14)13-4-3-11(8-15)7-12(13)9-16/h3-4,7H,5-6,8,10H2,1-2H3. The lowest BCUT2D eigenvalue weighted by Crippen LogP contribution is -2.23. The molecule has 0 amide bonds. The molecule has 1 aliphatic heterocycles. The lowest BCUT2D eigenvalue weighted by molar-refractivity contribution is 0.418. The highest BCUT2D eigenvalue weighted by atomic mass is 35.5. The van der Waals surface area contributed by atoms with Crippen LogP contribution in [-0.2, 0) is 5.88 Å². The molecule has 1 saturated heterocycles. The van der Waals surface area contributed by atoms with Gasteiger partial charge in [-0.3, -0.25) is 0 Å². The molecule has 0 aromatic heterocycles. The lowest BCUT2D eigenvalue weighted by atomic mass is 9.93. The zero-order valence-corrected chi connectivity index (χ0v) is 11.1. The highest BCUT2D eigenvalue weighted by molar-refractivity contribution is 6.17. The van der Waals surface area contributed by atoms with Crippen LogP contribution < -0.4 is 4.90 Å². The molecule has 1 aliphatic rings. The van der Waals surface area contributed by atoms with E-state index in [1.807, 2.05) is 18.2 Å². The zero-order valence-electron chi connectivity index (χ0n) is 10.3. The summed E-state index contributed by atoms with van der Waals surface area (Å²) < 4.78 is 0. The van der Waals surface area contributed by atoms with Crippen LogP contribution in [-0.4, -0.2) is 13.1 Å². The second-order valence-electron chi connectivity index (χ2n) is 5.43. The molecule has 1 heterocycles. The van der Waals surface area contributed by atoms with E-state index in [-0.39, 0.29) is 0 Å². The van der Waals surface area contributed by atoms with E-state index >= 15 is 0 Å². The van der Waals surface area contributed by atoms with Crippen molar-refractivity contribution in [3.05, 3.63) is 29.3 Å². The van der Waals surface area contributed by atoms with E-state index in [9.17, 15) is 5.26 Å². The van der Waals surface area contributed by atoms with Crippen molar-refractivity contribution in [2.45, 2.75) is 26.1 Å². The molecule has 2 rings (SSSR count). The number of benzene rings is 1. The van der Waals surface area contributed by atoms with Crippen molar-refractivity contribution in [3.8, 4) is 6.07 Å². The topological polar surface area (TPSA) is 27.0 Å². The fourth-order valence-electron chi connectivity index (χ4n) is 2.35. The van der Waals surface area contributed by atoms with Crippen LogP contribution in [0.2, 0.25) is 0 Å². The third kappa shape index (κ3) is 2.56. The maximum Gasteiger partial charge on any atom is 0.101 e. The number of nitrogens with zero attached hydrogens (tertiary/aromatic N) is 2. The SMILES string of the molecule is CC1(C)CCN(c2ccc(CCl)cc2C#N)C1. The van der Waals surface area contributed by atoms with Crippen molar-refractivity contribution >= 4 is 17.3 Å². The quantitative estimate of drug-likeness (QED) is 0.749. The molecule has 90 valence electrons. The Hall–Kier alpha value is -1.20. The molecule has 0 atom stereocenters. The summed E-state index contributed by atoms with van der Waals surface area (Å²) in [5, 5.41) is 9.21. The Morgan fingerprint density at radius 2 is 2.24 bits per heavy atom. The molecule has 0 spiro atoms. The summed E-state index contributed by atoms with van der Waals surface area (Å²) in [6, 6.07) is 8.20. The van der Waals surface area contributed by atoms with Gasteiger partial charge in [-0.2, -0.15) is 5.26 Å². The van der Waals surface area contributed by atoms with Gasteiger partial charge in [0.15, 0.2) is 0 Å². The summed E-state index contributed by atoms with van der Waals surface area (Å²) in [6.45, 7) is 6.59.